The van der Waals surface area contributed by atoms with E-state index in [9.17, 15) is 24.3 Å². The fourth-order valence-corrected chi connectivity index (χ4v) is 9.96. The summed E-state index contributed by atoms with van der Waals surface area (Å²) in [6, 6.07) is 2.26. The number of carboxylic acids is 1. The summed E-state index contributed by atoms with van der Waals surface area (Å²) in [7, 11) is 0. The predicted molar refractivity (Wildman–Crippen MR) is 303 cm³/mol. The summed E-state index contributed by atoms with van der Waals surface area (Å²) in [4.78, 5) is 53.1. The fourth-order valence-electron chi connectivity index (χ4n) is 9.96. The van der Waals surface area contributed by atoms with Crippen LogP contribution in [0, 0.1) is 0 Å². The lowest BCUT2D eigenvalue weighted by molar-refractivity contribution is 0.0446. The van der Waals surface area contributed by atoms with Gasteiger partial charge in [-0.2, -0.15) is 0 Å². The third-order valence-corrected chi connectivity index (χ3v) is 14.7. The van der Waals surface area contributed by atoms with E-state index in [1.807, 2.05) is 0 Å². The first-order valence-corrected chi connectivity index (χ1v) is 31.3. The van der Waals surface area contributed by atoms with E-state index in [0.717, 1.165) is 63.9 Å². The summed E-state index contributed by atoms with van der Waals surface area (Å²) in [6.45, 7) is 7.28. The van der Waals surface area contributed by atoms with Gasteiger partial charge in [-0.1, -0.05) is 310 Å². The van der Waals surface area contributed by atoms with Gasteiger partial charge in [0.25, 0.3) is 0 Å². The fraction of sp³-hybridized carbons (Fsp3) is 0.844. The van der Waals surface area contributed by atoms with Crippen molar-refractivity contribution in [2.45, 2.75) is 329 Å². The molecular weight excluding hydrogens is 897 g/mol. The number of aromatic carboxylic acids is 1. The van der Waals surface area contributed by atoms with Crippen molar-refractivity contribution in [3.63, 3.8) is 0 Å². The van der Waals surface area contributed by atoms with Gasteiger partial charge in [0.1, 0.15) is 0 Å². The third kappa shape index (κ3) is 39.5. The first-order valence-electron chi connectivity index (χ1n) is 31.3. The molecule has 0 radical (unpaired) electrons. The van der Waals surface area contributed by atoms with Gasteiger partial charge in [0.2, 0.25) is 0 Å². The number of hydrogen-bond donors (Lipinski definition) is 1. The van der Waals surface area contributed by atoms with Crippen molar-refractivity contribution in [2.24, 2.45) is 0 Å². The normalized spacial score (nSPS) is 11.3. The lowest BCUT2D eigenvalue weighted by Gasteiger charge is -2.14. The minimum Gasteiger partial charge on any atom is -0.478 e. The topological polar surface area (TPSA) is 116 Å². The molecule has 0 saturated heterocycles. The SMILES string of the molecule is CCCCCCCCCCCCCCCCCCOC(=O)c1cc(C(=O)OCCCCCCCCCCCCCCCCCC)c(C(=O)OCCCCCCCCCCCCCCCCCC)cc1C(=O)O. The highest BCUT2D eigenvalue weighted by Crippen LogP contribution is 2.23. The summed E-state index contributed by atoms with van der Waals surface area (Å²) in [6.07, 6.45) is 59.5. The first kappa shape index (κ1) is 67.1. The van der Waals surface area contributed by atoms with Gasteiger partial charge in [-0.25, -0.2) is 19.2 Å². The molecule has 0 aliphatic heterocycles. The van der Waals surface area contributed by atoms with Gasteiger partial charge in [-0.3, -0.25) is 0 Å². The highest BCUT2D eigenvalue weighted by Gasteiger charge is 2.28. The summed E-state index contributed by atoms with van der Waals surface area (Å²) in [5.74, 6) is -3.77. The van der Waals surface area contributed by atoms with E-state index in [1.165, 1.54) is 237 Å². The summed E-state index contributed by atoms with van der Waals surface area (Å²) in [5, 5.41) is 10.2. The predicted octanol–water partition coefficient (Wildman–Crippen LogP) is 20.6. The largest absolute Gasteiger partial charge is 0.478 e. The number of ether oxygens (including phenoxy) is 3. The number of carbonyl (C=O) groups is 4. The second-order valence-electron chi connectivity index (χ2n) is 21.6. The number of benzene rings is 1. The van der Waals surface area contributed by atoms with Crippen LogP contribution in [0.4, 0.5) is 0 Å². The van der Waals surface area contributed by atoms with E-state index < -0.39 is 29.4 Å². The standard InChI is InChI=1S/C64H114O8/c1-4-7-10-13-16-19-22-25-28-31-34-37-40-43-46-49-52-70-62(67)58-56-60(64(69)72-54-51-48-45-42-39-36-33-30-27-24-21-18-15-12-9-6-3)59(55-57(58)61(65)66)63(68)71-53-50-47-44-41-38-35-32-29-26-23-20-17-14-11-8-5-2/h55-56H,4-54H2,1-3H3,(H,65,66). The number of carboxylic acid groups (broad SMARTS) is 1. The number of rotatable bonds is 55. The van der Waals surface area contributed by atoms with Gasteiger partial charge in [0.15, 0.2) is 0 Å². The van der Waals surface area contributed by atoms with E-state index in [-0.39, 0.29) is 36.5 Å². The van der Waals surface area contributed by atoms with Crippen molar-refractivity contribution in [1.29, 1.82) is 0 Å². The molecule has 0 heterocycles. The van der Waals surface area contributed by atoms with Crippen LogP contribution in [-0.2, 0) is 14.2 Å². The number of hydrogen-bond acceptors (Lipinski definition) is 7. The van der Waals surface area contributed by atoms with Crippen LogP contribution in [-0.4, -0.2) is 48.8 Å². The third-order valence-electron chi connectivity index (χ3n) is 14.7. The molecular formula is C64H114O8. The molecule has 1 rings (SSSR count). The maximum Gasteiger partial charge on any atom is 0.339 e. The van der Waals surface area contributed by atoms with Crippen LogP contribution in [0.5, 0.6) is 0 Å². The first-order chi connectivity index (χ1) is 35.4. The lowest BCUT2D eigenvalue weighted by atomic mass is 9.98. The summed E-state index contributed by atoms with van der Waals surface area (Å²) >= 11 is 0. The van der Waals surface area contributed by atoms with Crippen molar-refractivity contribution < 1.29 is 38.5 Å². The number of carbonyl (C=O) groups excluding carboxylic acids is 3. The van der Waals surface area contributed by atoms with Crippen LogP contribution >= 0.6 is 0 Å². The molecule has 8 heteroatoms. The van der Waals surface area contributed by atoms with Gasteiger partial charge >= 0.3 is 23.9 Å². The second kappa shape index (κ2) is 51.6. The van der Waals surface area contributed by atoms with E-state index in [2.05, 4.69) is 20.8 Å². The minimum absolute atomic E-state index is 0.151. The number of unbranched alkanes of at least 4 members (excludes halogenated alkanes) is 45. The highest BCUT2D eigenvalue weighted by atomic mass is 16.5. The molecule has 0 spiro atoms. The molecule has 1 N–H and O–H groups in total. The molecule has 0 atom stereocenters. The van der Waals surface area contributed by atoms with E-state index in [0.29, 0.717) is 19.3 Å². The zero-order chi connectivity index (χ0) is 52.2. The zero-order valence-electron chi connectivity index (χ0n) is 47.5. The molecule has 72 heavy (non-hydrogen) atoms. The molecule has 0 aliphatic carbocycles. The van der Waals surface area contributed by atoms with Crippen molar-refractivity contribution in [3.05, 3.63) is 34.4 Å². The Balaban J connectivity index is 2.60. The summed E-state index contributed by atoms with van der Waals surface area (Å²) in [5.41, 5.74) is -1.02. The Bertz CT molecular complexity index is 1420. The average Bonchev–Trinajstić information content (AvgIpc) is 3.38. The lowest BCUT2D eigenvalue weighted by Crippen LogP contribution is -2.20. The summed E-state index contributed by atoms with van der Waals surface area (Å²) < 4.78 is 16.9. The molecule has 0 aromatic heterocycles. The molecule has 418 valence electrons. The Labute approximate surface area is 443 Å². The van der Waals surface area contributed by atoms with Gasteiger partial charge < -0.3 is 19.3 Å². The molecule has 0 fully saturated rings. The highest BCUT2D eigenvalue weighted by molar-refractivity contribution is 6.10. The molecule has 0 unspecified atom stereocenters. The van der Waals surface area contributed by atoms with Gasteiger partial charge in [0, 0.05) is 0 Å². The van der Waals surface area contributed by atoms with Crippen molar-refractivity contribution in [3.8, 4) is 0 Å². The smallest absolute Gasteiger partial charge is 0.339 e. The Morgan fingerprint density at radius 1 is 0.264 bits per heavy atom. The number of esters is 3. The molecule has 0 bridgehead atoms. The molecule has 8 nitrogen and oxygen atoms in total. The average molecular weight is 1010 g/mol. The molecule has 0 aliphatic rings. The van der Waals surface area contributed by atoms with Crippen LogP contribution in [0.1, 0.15) is 370 Å². The minimum atomic E-state index is -1.38. The van der Waals surface area contributed by atoms with Crippen molar-refractivity contribution >= 4 is 23.9 Å². The molecule has 0 amide bonds. The Kier molecular flexibility index (Phi) is 48.1. The van der Waals surface area contributed by atoms with Crippen LogP contribution in [0.15, 0.2) is 12.1 Å². The maximum atomic E-state index is 13.6. The van der Waals surface area contributed by atoms with E-state index in [1.54, 1.807) is 0 Å². The van der Waals surface area contributed by atoms with E-state index >= 15 is 0 Å². The van der Waals surface area contributed by atoms with E-state index in [4.69, 9.17) is 14.2 Å². The van der Waals surface area contributed by atoms with Gasteiger partial charge in [0.05, 0.1) is 42.1 Å². The second-order valence-corrected chi connectivity index (χ2v) is 21.6. The Hall–Kier alpha value is -2.90. The van der Waals surface area contributed by atoms with Crippen LogP contribution < -0.4 is 0 Å². The Morgan fingerprint density at radius 2 is 0.417 bits per heavy atom. The molecule has 1 aromatic rings. The maximum absolute atomic E-state index is 13.6. The van der Waals surface area contributed by atoms with Gasteiger partial charge in [-0.05, 0) is 31.4 Å². The van der Waals surface area contributed by atoms with Crippen LogP contribution in [0.3, 0.4) is 0 Å². The van der Waals surface area contributed by atoms with Crippen LogP contribution in [0.2, 0.25) is 0 Å². The van der Waals surface area contributed by atoms with Gasteiger partial charge in [-0.15, -0.1) is 0 Å². The molecule has 0 saturated carbocycles. The van der Waals surface area contributed by atoms with Crippen molar-refractivity contribution in [1.82, 2.24) is 0 Å². The van der Waals surface area contributed by atoms with Crippen LogP contribution in [0.25, 0.3) is 0 Å². The monoisotopic (exact) mass is 1010 g/mol. The quantitative estimate of drug-likeness (QED) is 0.0390. The molecule has 1 aromatic carbocycles. The zero-order valence-corrected chi connectivity index (χ0v) is 47.5. The Morgan fingerprint density at radius 3 is 0.597 bits per heavy atom. The van der Waals surface area contributed by atoms with Crippen molar-refractivity contribution in [2.75, 3.05) is 19.8 Å².